The van der Waals surface area contributed by atoms with Gasteiger partial charge in [-0.1, -0.05) is 89.2 Å². The van der Waals surface area contributed by atoms with Gasteiger partial charge in [-0.3, -0.25) is 0 Å². The van der Waals surface area contributed by atoms with Gasteiger partial charge in [0.25, 0.3) is 0 Å². The highest BCUT2D eigenvalue weighted by atomic mass is 35.5. The van der Waals surface area contributed by atoms with Crippen LogP contribution in [-0.2, 0) is 11.3 Å². The van der Waals surface area contributed by atoms with Crippen LogP contribution in [0.4, 0.5) is 0 Å². The van der Waals surface area contributed by atoms with Gasteiger partial charge in [0.2, 0.25) is 0 Å². The summed E-state index contributed by atoms with van der Waals surface area (Å²) in [7, 11) is 0. The van der Waals surface area contributed by atoms with Crippen LogP contribution in [0.25, 0.3) is 0 Å². The molecule has 32 heavy (non-hydrogen) atoms. The maximum atomic E-state index is 6.28. The van der Waals surface area contributed by atoms with Crippen molar-refractivity contribution in [2.75, 3.05) is 19.8 Å². The van der Waals surface area contributed by atoms with Crippen molar-refractivity contribution in [1.29, 1.82) is 0 Å². The maximum Gasteiger partial charge on any atom is 0.156 e. The standard InChI is InChI=1S/C24H27Cl4NO3/c1-2-3-13-32-29-17-19-9-7-18(8-10-19)6-4-5-12-31-24-21(25)15-20(16-22(24)26)30-14-11-23(27)28/h7-11,15-17H,2-6,12-14H2,1H3/b29-17+. The quantitative estimate of drug-likeness (QED) is 0.143. The Labute approximate surface area is 210 Å². The monoisotopic (exact) mass is 517 g/mol. The molecule has 0 spiro atoms. The van der Waals surface area contributed by atoms with Gasteiger partial charge in [0, 0.05) is 12.1 Å². The number of unbranched alkanes of at least 4 members (excludes halogenated alkanes) is 2. The Morgan fingerprint density at radius 1 is 0.938 bits per heavy atom. The molecule has 0 saturated heterocycles. The number of halogens is 4. The van der Waals surface area contributed by atoms with Crippen molar-refractivity contribution in [3.05, 3.63) is 68.1 Å². The fraction of sp³-hybridized carbons (Fsp3) is 0.375. The molecule has 0 amide bonds. The van der Waals surface area contributed by atoms with Crippen LogP contribution in [0.3, 0.4) is 0 Å². The molecule has 0 aromatic heterocycles. The van der Waals surface area contributed by atoms with Gasteiger partial charge in [-0.25, -0.2) is 0 Å². The van der Waals surface area contributed by atoms with Crippen LogP contribution in [0.1, 0.15) is 43.7 Å². The van der Waals surface area contributed by atoms with E-state index in [1.54, 1.807) is 18.3 Å². The first-order valence-corrected chi connectivity index (χ1v) is 12.0. The minimum atomic E-state index is 0.138. The third-order valence-corrected chi connectivity index (χ3v) is 5.28. The van der Waals surface area contributed by atoms with E-state index in [0.717, 1.165) is 37.7 Å². The fourth-order valence-electron chi connectivity index (χ4n) is 2.69. The Balaban J connectivity index is 1.71. The minimum Gasteiger partial charge on any atom is -0.490 e. The highest BCUT2D eigenvalue weighted by molar-refractivity contribution is 6.55. The molecule has 0 fully saturated rings. The van der Waals surface area contributed by atoms with E-state index in [-0.39, 0.29) is 11.1 Å². The summed E-state index contributed by atoms with van der Waals surface area (Å²) in [5.41, 5.74) is 2.28. The summed E-state index contributed by atoms with van der Waals surface area (Å²) >= 11 is 23.7. The number of hydrogen-bond donors (Lipinski definition) is 0. The molecule has 2 rings (SSSR count). The van der Waals surface area contributed by atoms with E-state index in [4.69, 9.17) is 60.7 Å². The molecule has 0 unspecified atom stereocenters. The van der Waals surface area contributed by atoms with Gasteiger partial charge < -0.3 is 14.3 Å². The summed E-state index contributed by atoms with van der Waals surface area (Å²) < 4.78 is 11.4. The fourth-order valence-corrected chi connectivity index (χ4v) is 3.40. The minimum absolute atomic E-state index is 0.138. The summed E-state index contributed by atoms with van der Waals surface area (Å²) in [5, 5.41) is 4.77. The lowest BCUT2D eigenvalue weighted by Gasteiger charge is -2.12. The van der Waals surface area contributed by atoms with E-state index in [1.807, 2.05) is 12.1 Å². The van der Waals surface area contributed by atoms with Crippen molar-refractivity contribution in [2.24, 2.45) is 5.16 Å². The molecule has 4 nitrogen and oxygen atoms in total. The van der Waals surface area contributed by atoms with Crippen LogP contribution in [0.2, 0.25) is 10.0 Å². The molecule has 2 aromatic rings. The summed E-state index contributed by atoms with van der Waals surface area (Å²) in [6.07, 6.45) is 8.19. The average Bonchev–Trinajstić information content (AvgIpc) is 2.75. The summed E-state index contributed by atoms with van der Waals surface area (Å²) in [5.74, 6) is 0.968. The van der Waals surface area contributed by atoms with Gasteiger partial charge in [-0.2, -0.15) is 0 Å². The lowest BCUT2D eigenvalue weighted by Crippen LogP contribution is -2.00. The second-order valence-corrected chi connectivity index (χ2v) is 8.81. The van der Waals surface area contributed by atoms with E-state index in [1.165, 1.54) is 11.6 Å². The molecule has 0 radical (unpaired) electrons. The normalized spacial score (nSPS) is 10.9. The number of benzene rings is 2. The number of nitrogens with zero attached hydrogens (tertiary/aromatic N) is 1. The molecule has 0 atom stereocenters. The molecule has 0 N–H and O–H groups in total. The molecule has 8 heteroatoms. The van der Waals surface area contributed by atoms with Gasteiger partial charge in [-0.05, 0) is 42.9 Å². The highest BCUT2D eigenvalue weighted by Gasteiger charge is 2.10. The first-order valence-electron chi connectivity index (χ1n) is 10.5. The van der Waals surface area contributed by atoms with E-state index in [2.05, 4.69) is 24.2 Å². The molecule has 174 valence electrons. The molecule has 0 heterocycles. The molecular weight excluding hydrogens is 492 g/mol. The van der Waals surface area contributed by atoms with Crippen molar-refractivity contribution in [2.45, 2.75) is 39.0 Å². The largest absolute Gasteiger partial charge is 0.490 e. The van der Waals surface area contributed by atoms with E-state index < -0.39 is 0 Å². The lowest BCUT2D eigenvalue weighted by molar-refractivity contribution is 0.143. The Hall–Kier alpha value is -1.59. The second-order valence-electron chi connectivity index (χ2n) is 6.99. The lowest BCUT2D eigenvalue weighted by atomic mass is 10.1. The number of rotatable bonds is 14. The zero-order valence-electron chi connectivity index (χ0n) is 18.0. The van der Waals surface area contributed by atoms with Crippen molar-refractivity contribution in [3.8, 4) is 11.5 Å². The van der Waals surface area contributed by atoms with Crippen molar-refractivity contribution in [1.82, 2.24) is 0 Å². The van der Waals surface area contributed by atoms with E-state index in [0.29, 0.717) is 34.8 Å². The molecular formula is C24H27Cl4NO3. The topological polar surface area (TPSA) is 40.0 Å². The van der Waals surface area contributed by atoms with Crippen LogP contribution >= 0.6 is 46.4 Å². The predicted octanol–water partition coefficient (Wildman–Crippen LogP) is 8.24. The van der Waals surface area contributed by atoms with Gasteiger partial charge in [0.1, 0.15) is 23.5 Å². The number of oxime groups is 1. The smallest absolute Gasteiger partial charge is 0.156 e. The van der Waals surface area contributed by atoms with Gasteiger partial charge in [-0.15, -0.1) is 0 Å². The van der Waals surface area contributed by atoms with Gasteiger partial charge in [0.15, 0.2) is 5.75 Å². The van der Waals surface area contributed by atoms with Crippen LogP contribution < -0.4 is 9.47 Å². The Morgan fingerprint density at radius 3 is 2.31 bits per heavy atom. The summed E-state index contributed by atoms with van der Waals surface area (Å²) in [6.45, 7) is 3.51. The van der Waals surface area contributed by atoms with Gasteiger partial charge >= 0.3 is 0 Å². The molecule has 0 bridgehead atoms. The molecule has 0 aliphatic carbocycles. The van der Waals surface area contributed by atoms with Crippen LogP contribution in [0.5, 0.6) is 11.5 Å². The number of aryl methyl sites for hydroxylation is 1. The zero-order valence-corrected chi connectivity index (χ0v) is 21.0. The van der Waals surface area contributed by atoms with Gasteiger partial charge in [0.05, 0.1) is 22.9 Å². The van der Waals surface area contributed by atoms with Crippen molar-refractivity contribution < 1.29 is 14.3 Å². The van der Waals surface area contributed by atoms with Crippen LogP contribution in [0, 0.1) is 0 Å². The number of hydrogen-bond acceptors (Lipinski definition) is 4. The first-order chi connectivity index (χ1) is 15.5. The van der Waals surface area contributed by atoms with Crippen molar-refractivity contribution in [3.63, 3.8) is 0 Å². The highest BCUT2D eigenvalue weighted by Crippen LogP contribution is 2.37. The predicted molar refractivity (Wildman–Crippen MR) is 135 cm³/mol. The molecule has 0 aliphatic heterocycles. The number of ether oxygens (including phenoxy) is 2. The third-order valence-electron chi connectivity index (χ3n) is 4.41. The van der Waals surface area contributed by atoms with E-state index in [9.17, 15) is 0 Å². The Morgan fingerprint density at radius 2 is 1.66 bits per heavy atom. The SMILES string of the molecule is CCCCO/N=C/c1ccc(CCCCOc2c(Cl)cc(OCC=C(Cl)Cl)cc2Cl)cc1. The first kappa shape index (κ1) is 26.7. The van der Waals surface area contributed by atoms with Crippen molar-refractivity contribution >= 4 is 52.6 Å². The zero-order chi connectivity index (χ0) is 23.2. The molecule has 0 aliphatic rings. The van der Waals surface area contributed by atoms with E-state index >= 15 is 0 Å². The molecule has 0 saturated carbocycles. The van der Waals surface area contributed by atoms with Crippen LogP contribution in [-0.4, -0.2) is 26.0 Å². The van der Waals surface area contributed by atoms with Crippen LogP contribution in [0.15, 0.2) is 52.1 Å². The average molecular weight is 519 g/mol. The summed E-state index contributed by atoms with van der Waals surface area (Å²) in [6, 6.07) is 11.6. The maximum absolute atomic E-state index is 6.28. The summed E-state index contributed by atoms with van der Waals surface area (Å²) in [4.78, 5) is 5.20. The second kappa shape index (κ2) is 15.3. The molecule has 2 aromatic carbocycles. The third kappa shape index (κ3) is 10.4. The Bertz CT molecular complexity index is 858. The Kier molecular flexibility index (Phi) is 12.7.